The van der Waals surface area contributed by atoms with Crippen LogP contribution in [0.15, 0.2) is 58.4 Å². The molecule has 1 fully saturated rings. The fourth-order valence-electron chi connectivity index (χ4n) is 3.46. The molecule has 0 aromatic heterocycles. The van der Waals surface area contributed by atoms with Gasteiger partial charge in [-0.2, -0.15) is 0 Å². The molecule has 0 spiro atoms. The van der Waals surface area contributed by atoms with E-state index in [0.717, 1.165) is 31.6 Å². The first-order valence-electron chi connectivity index (χ1n) is 10.3. The van der Waals surface area contributed by atoms with Gasteiger partial charge in [-0.3, -0.25) is 4.99 Å². The van der Waals surface area contributed by atoms with Crippen molar-refractivity contribution in [3.63, 3.8) is 0 Å². The van der Waals surface area contributed by atoms with Gasteiger partial charge in [0.2, 0.25) is 0 Å². The van der Waals surface area contributed by atoms with Crippen molar-refractivity contribution in [2.24, 2.45) is 4.99 Å². The molecule has 0 amide bonds. The minimum Gasteiger partial charge on any atom is -0.492 e. The zero-order valence-electron chi connectivity index (χ0n) is 17.8. The van der Waals surface area contributed by atoms with Gasteiger partial charge in [0.25, 0.3) is 0 Å². The molecule has 0 aliphatic carbocycles. The van der Waals surface area contributed by atoms with Crippen LogP contribution in [0, 0.1) is 5.82 Å². The summed E-state index contributed by atoms with van der Waals surface area (Å²) in [5.41, 5.74) is 0.919. The van der Waals surface area contributed by atoms with Gasteiger partial charge < -0.3 is 20.3 Å². The van der Waals surface area contributed by atoms with Crippen LogP contribution >= 0.6 is 0 Å². The number of sulfone groups is 1. The Morgan fingerprint density at radius 1 is 1.19 bits per heavy atom. The summed E-state index contributed by atoms with van der Waals surface area (Å²) in [4.78, 5) is 6.73. The average Bonchev–Trinajstić information content (AvgIpc) is 2.76. The third kappa shape index (κ3) is 6.85. The highest BCUT2D eigenvalue weighted by Gasteiger charge is 2.20. The van der Waals surface area contributed by atoms with E-state index in [1.54, 1.807) is 31.3 Å². The van der Waals surface area contributed by atoms with Gasteiger partial charge in [0.15, 0.2) is 15.8 Å². The van der Waals surface area contributed by atoms with Crippen LogP contribution in [-0.2, 0) is 9.84 Å². The number of anilines is 1. The number of nitrogens with one attached hydrogen (secondary N) is 2. The van der Waals surface area contributed by atoms with E-state index in [9.17, 15) is 12.8 Å². The summed E-state index contributed by atoms with van der Waals surface area (Å²) < 4.78 is 42.1. The highest BCUT2D eigenvalue weighted by molar-refractivity contribution is 7.90. The lowest BCUT2D eigenvalue weighted by Gasteiger charge is -2.34. The van der Waals surface area contributed by atoms with Crippen LogP contribution in [-0.4, -0.2) is 60.0 Å². The third-order valence-corrected chi connectivity index (χ3v) is 6.28. The molecule has 2 N–H and O–H groups in total. The monoisotopic (exact) mass is 448 g/mol. The Labute approximate surface area is 183 Å². The number of ether oxygens (including phenoxy) is 1. The van der Waals surface area contributed by atoms with Crippen molar-refractivity contribution in [1.29, 1.82) is 0 Å². The molecule has 1 saturated heterocycles. The number of guanidine groups is 1. The van der Waals surface area contributed by atoms with Gasteiger partial charge in [0, 0.05) is 38.1 Å². The lowest BCUT2D eigenvalue weighted by Crippen LogP contribution is -2.49. The predicted molar refractivity (Wildman–Crippen MR) is 121 cm³/mol. The molecular weight excluding hydrogens is 419 g/mol. The summed E-state index contributed by atoms with van der Waals surface area (Å²) in [7, 11) is -1.48. The van der Waals surface area contributed by atoms with E-state index in [0.29, 0.717) is 30.9 Å². The zero-order valence-corrected chi connectivity index (χ0v) is 18.7. The van der Waals surface area contributed by atoms with Gasteiger partial charge in [-0.15, -0.1) is 0 Å². The fraction of sp³-hybridized carbons (Fsp3) is 0.409. The maximum Gasteiger partial charge on any atom is 0.191 e. The van der Waals surface area contributed by atoms with Crippen molar-refractivity contribution < 1.29 is 17.5 Å². The largest absolute Gasteiger partial charge is 0.492 e. The quantitative estimate of drug-likeness (QED) is 0.385. The van der Waals surface area contributed by atoms with Crippen molar-refractivity contribution in [3.05, 3.63) is 54.3 Å². The summed E-state index contributed by atoms with van der Waals surface area (Å²) in [5.74, 6) is 1.11. The summed E-state index contributed by atoms with van der Waals surface area (Å²) in [5, 5.41) is 6.66. The van der Waals surface area contributed by atoms with Crippen LogP contribution in [0.25, 0.3) is 0 Å². The van der Waals surface area contributed by atoms with Gasteiger partial charge in [-0.05, 0) is 55.3 Å². The van der Waals surface area contributed by atoms with Crippen molar-refractivity contribution in [3.8, 4) is 5.75 Å². The molecule has 0 bridgehead atoms. The number of piperidine rings is 1. The van der Waals surface area contributed by atoms with E-state index < -0.39 is 9.84 Å². The molecule has 31 heavy (non-hydrogen) atoms. The molecular formula is C22H29FN4O3S. The Morgan fingerprint density at radius 3 is 2.52 bits per heavy atom. The number of rotatable bonds is 7. The van der Waals surface area contributed by atoms with Crippen molar-refractivity contribution in [2.45, 2.75) is 23.8 Å². The van der Waals surface area contributed by atoms with Gasteiger partial charge in [-0.25, -0.2) is 12.8 Å². The van der Waals surface area contributed by atoms with E-state index in [4.69, 9.17) is 4.74 Å². The van der Waals surface area contributed by atoms with E-state index in [-0.39, 0.29) is 10.7 Å². The third-order valence-electron chi connectivity index (χ3n) is 5.15. The van der Waals surface area contributed by atoms with E-state index >= 15 is 0 Å². The summed E-state index contributed by atoms with van der Waals surface area (Å²) in [6.45, 7) is 2.67. The van der Waals surface area contributed by atoms with Crippen LogP contribution in [0.5, 0.6) is 5.75 Å². The minimum atomic E-state index is -3.21. The molecule has 1 aliphatic rings. The van der Waals surface area contributed by atoms with Crippen LogP contribution in [0.2, 0.25) is 0 Å². The lowest BCUT2D eigenvalue weighted by molar-refractivity contribution is 0.321. The van der Waals surface area contributed by atoms with Crippen LogP contribution < -0.4 is 20.3 Å². The van der Waals surface area contributed by atoms with Crippen LogP contribution in [0.4, 0.5) is 10.1 Å². The summed E-state index contributed by atoms with van der Waals surface area (Å²) in [6, 6.07) is 13.4. The van der Waals surface area contributed by atoms with E-state index in [1.165, 1.54) is 24.5 Å². The van der Waals surface area contributed by atoms with Gasteiger partial charge in [0.05, 0.1) is 11.4 Å². The summed E-state index contributed by atoms with van der Waals surface area (Å²) in [6.07, 6.45) is 3.04. The molecule has 0 atom stereocenters. The van der Waals surface area contributed by atoms with Crippen LogP contribution in [0.1, 0.15) is 12.8 Å². The van der Waals surface area contributed by atoms with Crippen molar-refractivity contribution >= 4 is 21.5 Å². The van der Waals surface area contributed by atoms with Crippen molar-refractivity contribution in [1.82, 2.24) is 10.6 Å². The fourth-order valence-corrected chi connectivity index (χ4v) is 4.09. The number of nitrogens with zero attached hydrogens (tertiary/aromatic N) is 2. The molecule has 9 heteroatoms. The molecule has 0 radical (unpaired) electrons. The Morgan fingerprint density at radius 2 is 1.90 bits per heavy atom. The summed E-state index contributed by atoms with van der Waals surface area (Å²) >= 11 is 0. The van der Waals surface area contributed by atoms with E-state index in [1.807, 2.05) is 6.07 Å². The minimum absolute atomic E-state index is 0.212. The smallest absolute Gasteiger partial charge is 0.191 e. The Balaban J connectivity index is 1.38. The van der Waals surface area contributed by atoms with E-state index in [2.05, 4.69) is 20.5 Å². The Kier molecular flexibility index (Phi) is 7.73. The van der Waals surface area contributed by atoms with Crippen molar-refractivity contribution in [2.75, 3.05) is 44.4 Å². The molecule has 0 saturated carbocycles. The SMILES string of the molecule is CN=C(NCCOc1ccc(S(C)(=O)=O)cc1)NC1CCN(c2cccc(F)c2)CC1. The second kappa shape index (κ2) is 10.5. The predicted octanol–water partition coefficient (Wildman–Crippen LogP) is 2.44. The van der Waals surface area contributed by atoms with Gasteiger partial charge in [-0.1, -0.05) is 6.07 Å². The first-order valence-corrected chi connectivity index (χ1v) is 12.1. The van der Waals surface area contributed by atoms with Gasteiger partial charge >= 0.3 is 0 Å². The second-order valence-electron chi connectivity index (χ2n) is 7.48. The number of halogens is 1. The maximum atomic E-state index is 13.4. The van der Waals surface area contributed by atoms with Crippen LogP contribution in [0.3, 0.4) is 0 Å². The highest BCUT2D eigenvalue weighted by atomic mass is 32.2. The zero-order chi connectivity index (χ0) is 22.3. The molecule has 7 nitrogen and oxygen atoms in total. The number of benzene rings is 2. The molecule has 3 rings (SSSR count). The number of hydrogen-bond acceptors (Lipinski definition) is 5. The molecule has 0 unspecified atom stereocenters. The Bertz CT molecular complexity index is 988. The number of hydrogen-bond donors (Lipinski definition) is 2. The lowest BCUT2D eigenvalue weighted by atomic mass is 10.0. The second-order valence-corrected chi connectivity index (χ2v) is 9.49. The number of aliphatic imine (C=N–C) groups is 1. The first kappa shape index (κ1) is 22.9. The van der Waals surface area contributed by atoms with Gasteiger partial charge in [0.1, 0.15) is 18.2 Å². The topological polar surface area (TPSA) is 83.0 Å². The maximum absolute atomic E-state index is 13.4. The first-order chi connectivity index (χ1) is 14.8. The molecule has 2 aromatic rings. The molecule has 168 valence electrons. The Hall–Kier alpha value is -2.81. The standard InChI is InChI=1S/C22H29FN4O3S/c1-24-22(25-12-15-30-20-6-8-21(9-7-20)31(2,28)29)26-18-10-13-27(14-11-18)19-5-3-4-17(23)16-19/h3-9,16,18H,10-15H2,1-2H3,(H2,24,25,26). The molecule has 1 aliphatic heterocycles. The molecule has 1 heterocycles. The highest BCUT2D eigenvalue weighted by Crippen LogP contribution is 2.20. The molecule has 2 aromatic carbocycles. The normalized spacial score (nSPS) is 15.6. The average molecular weight is 449 g/mol.